The lowest BCUT2D eigenvalue weighted by Crippen LogP contribution is -2.45. The molecule has 2 aromatic carbocycles. The highest BCUT2D eigenvalue weighted by Gasteiger charge is 2.41. The molecule has 5 rings (SSSR count). The van der Waals surface area contributed by atoms with Gasteiger partial charge in [0.25, 0.3) is 0 Å². The van der Waals surface area contributed by atoms with Crippen LogP contribution in [0.5, 0.6) is 0 Å². The number of imidazole rings is 1. The summed E-state index contributed by atoms with van der Waals surface area (Å²) in [5.41, 5.74) is 3.48. The Kier molecular flexibility index (Phi) is 7.60. The third kappa shape index (κ3) is 5.57. The first-order valence-electron chi connectivity index (χ1n) is 13.7. The number of nitrogens with zero attached hydrogens (tertiary/aromatic N) is 4. The van der Waals surface area contributed by atoms with E-state index in [4.69, 9.17) is 4.98 Å². The van der Waals surface area contributed by atoms with Crippen LogP contribution in [0.1, 0.15) is 68.9 Å². The van der Waals surface area contributed by atoms with Gasteiger partial charge in [-0.2, -0.15) is 0 Å². The summed E-state index contributed by atoms with van der Waals surface area (Å²) in [6.45, 7) is 5.07. The van der Waals surface area contributed by atoms with Gasteiger partial charge in [0.2, 0.25) is 11.8 Å². The highest BCUT2D eigenvalue weighted by Crippen LogP contribution is 2.42. The van der Waals surface area contributed by atoms with Crippen molar-refractivity contribution in [2.45, 2.75) is 76.5 Å². The molecule has 1 aromatic heterocycles. The molecular formula is C30H39N5O2. The molecule has 2 fully saturated rings. The molecule has 7 heteroatoms. The van der Waals surface area contributed by atoms with Crippen molar-refractivity contribution in [2.75, 3.05) is 20.1 Å². The fourth-order valence-corrected chi connectivity index (χ4v) is 6.43. The fraction of sp³-hybridized carbons (Fsp3) is 0.500. The van der Waals surface area contributed by atoms with E-state index in [-0.39, 0.29) is 17.9 Å². The van der Waals surface area contributed by atoms with Crippen LogP contribution in [-0.4, -0.2) is 63.4 Å². The maximum Gasteiger partial charge on any atom is 0.222 e. The van der Waals surface area contributed by atoms with E-state index in [9.17, 15) is 9.59 Å². The summed E-state index contributed by atoms with van der Waals surface area (Å²) in [4.78, 5) is 33.4. The van der Waals surface area contributed by atoms with E-state index in [1.165, 1.54) is 25.3 Å². The first kappa shape index (κ1) is 25.5. The van der Waals surface area contributed by atoms with Crippen LogP contribution in [0.25, 0.3) is 11.0 Å². The molecule has 7 nitrogen and oxygen atoms in total. The number of benzene rings is 2. The van der Waals surface area contributed by atoms with Crippen molar-refractivity contribution < 1.29 is 9.59 Å². The van der Waals surface area contributed by atoms with Gasteiger partial charge in [-0.05, 0) is 56.7 Å². The minimum absolute atomic E-state index is 0.00825. The van der Waals surface area contributed by atoms with E-state index >= 15 is 0 Å². The fourth-order valence-electron chi connectivity index (χ4n) is 6.43. The van der Waals surface area contributed by atoms with Gasteiger partial charge in [0.1, 0.15) is 5.82 Å². The number of rotatable bonds is 9. The van der Waals surface area contributed by atoms with Crippen LogP contribution in [0, 0.1) is 6.92 Å². The Morgan fingerprint density at radius 3 is 2.41 bits per heavy atom. The smallest absolute Gasteiger partial charge is 0.222 e. The molecule has 37 heavy (non-hydrogen) atoms. The number of hydrogen-bond donors (Lipinski definition) is 1. The molecule has 0 spiro atoms. The SMILES string of the molecule is CC(=O)N(C)CCC(=O)NC(CCN1C2CC[C@H]1CC(n1c(C)nc3ccccc31)C2)c1ccccc1. The lowest BCUT2D eigenvalue weighted by atomic mass is 9.95. The van der Waals surface area contributed by atoms with Crippen molar-refractivity contribution >= 4 is 22.8 Å². The van der Waals surface area contributed by atoms with Gasteiger partial charge in [0.15, 0.2) is 0 Å². The van der Waals surface area contributed by atoms with E-state index in [2.05, 4.69) is 58.1 Å². The average molecular weight is 502 g/mol. The molecule has 2 bridgehead atoms. The average Bonchev–Trinajstić information content (AvgIpc) is 3.35. The zero-order valence-corrected chi connectivity index (χ0v) is 22.3. The number of nitrogens with one attached hydrogen (secondary N) is 1. The summed E-state index contributed by atoms with van der Waals surface area (Å²) >= 11 is 0. The Bertz CT molecular complexity index is 1230. The summed E-state index contributed by atoms with van der Waals surface area (Å²) in [5, 5.41) is 3.26. The Hall–Kier alpha value is -3.19. The number of carbonyl (C=O) groups excluding carboxylic acids is 2. The van der Waals surface area contributed by atoms with Crippen LogP contribution >= 0.6 is 0 Å². The largest absolute Gasteiger partial charge is 0.349 e. The van der Waals surface area contributed by atoms with Crippen LogP contribution in [0.15, 0.2) is 54.6 Å². The van der Waals surface area contributed by atoms with Crippen LogP contribution < -0.4 is 5.32 Å². The zero-order valence-electron chi connectivity index (χ0n) is 22.3. The number of fused-ring (bicyclic) bond motifs is 3. The number of amides is 2. The molecule has 0 saturated carbocycles. The molecule has 3 heterocycles. The summed E-state index contributed by atoms with van der Waals surface area (Å²) in [5.74, 6) is 1.08. The van der Waals surface area contributed by atoms with Gasteiger partial charge in [-0.1, -0.05) is 42.5 Å². The van der Waals surface area contributed by atoms with Gasteiger partial charge in [-0.3, -0.25) is 14.5 Å². The van der Waals surface area contributed by atoms with Crippen molar-refractivity contribution in [1.82, 2.24) is 24.7 Å². The highest BCUT2D eigenvalue weighted by molar-refractivity contribution is 5.78. The van der Waals surface area contributed by atoms with Crippen LogP contribution in [0.4, 0.5) is 0 Å². The minimum Gasteiger partial charge on any atom is -0.349 e. The normalized spacial score (nSPS) is 22.2. The molecule has 2 saturated heterocycles. The number of para-hydroxylation sites is 2. The number of aryl methyl sites for hydroxylation is 1. The first-order valence-corrected chi connectivity index (χ1v) is 13.7. The van der Waals surface area contributed by atoms with E-state index in [0.717, 1.165) is 42.7 Å². The van der Waals surface area contributed by atoms with E-state index in [1.54, 1.807) is 11.9 Å². The van der Waals surface area contributed by atoms with Gasteiger partial charge in [-0.25, -0.2) is 4.98 Å². The second-order valence-corrected chi connectivity index (χ2v) is 10.8. The quantitative estimate of drug-likeness (QED) is 0.464. The monoisotopic (exact) mass is 501 g/mol. The Labute approximate surface area is 219 Å². The molecule has 0 aliphatic carbocycles. The van der Waals surface area contributed by atoms with E-state index < -0.39 is 0 Å². The van der Waals surface area contributed by atoms with Crippen molar-refractivity contribution in [3.05, 3.63) is 66.0 Å². The van der Waals surface area contributed by atoms with Crippen LogP contribution in [0.2, 0.25) is 0 Å². The first-order chi connectivity index (χ1) is 17.9. The summed E-state index contributed by atoms with van der Waals surface area (Å²) < 4.78 is 2.48. The van der Waals surface area contributed by atoms with Crippen molar-refractivity contribution in [3.8, 4) is 0 Å². The summed E-state index contributed by atoms with van der Waals surface area (Å²) in [6, 6.07) is 20.4. The Morgan fingerprint density at radius 2 is 1.70 bits per heavy atom. The number of hydrogen-bond acceptors (Lipinski definition) is 4. The van der Waals surface area contributed by atoms with Gasteiger partial charge in [0, 0.05) is 51.6 Å². The van der Waals surface area contributed by atoms with Gasteiger partial charge in [0.05, 0.1) is 17.1 Å². The second kappa shape index (κ2) is 11.1. The van der Waals surface area contributed by atoms with Crippen molar-refractivity contribution in [1.29, 1.82) is 0 Å². The van der Waals surface area contributed by atoms with Gasteiger partial charge < -0.3 is 14.8 Å². The molecule has 1 N–H and O–H groups in total. The topological polar surface area (TPSA) is 70.5 Å². The van der Waals surface area contributed by atoms with Gasteiger partial charge >= 0.3 is 0 Å². The molecule has 2 amide bonds. The maximum atomic E-state index is 12.8. The molecule has 196 valence electrons. The van der Waals surface area contributed by atoms with E-state index in [0.29, 0.717) is 31.1 Å². The molecular weight excluding hydrogens is 462 g/mol. The third-order valence-corrected chi connectivity index (χ3v) is 8.42. The lowest BCUT2D eigenvalue weighted by Gasteiger charge is -2.40. The molecule has 3 aromatic rings. The Morgan fingerprint density at radius 1 is 1.03 bits per heavy atom. The maximum absolute atomic E-state index is 12.8. The molecule has 0 radical (unpaired) electrons. The van der Waals surface area contributed by atoms with E-state index in [1.807, 2.05) is 18.2 Å². The van der Waals surface area contributed by atoms with Crippen molar-refractivity contribution in [3.63, 3.8) is 0 Å². The second-order valence-electron chi connectivity index (χ2n) is 10.8. The Balaban J connectivity index is 1.24. The number of aromatic nitrogens is 2. The predicted octanol–water partition coefficient (Wildman–Crippen LogP) is 4.63. The van der Waals surface area contributed by atoms with Gasteiger partial charge in [-0.15, -0.1) is 0 Å². The molecule has 2 aliphatic heterocycles. The van der Waals surface area contributed by atoms with Crippen molar-refractivity contribution in [2.24, 2.45) is 0 Å². The number of carbonyl (C=O) groups is 2. The lowest BCUT2D eigenvalue weighted by molar-refractivity contribution is -0.128. The summed E-state index contributed by atoms with van der Waals surface area (Å²) in [7, 11) is 1.73. The molecule has 4 atom stereocenters. The van der Waals surface area contributed by atoms with Crippen LogP contribution in [0.3, 0.4) is 0 Å². The predicted molar refractivity (Wildman–Crippen MR) is 146 cm³/mol. The standard InChI is InChI=1S/C30H39N5O2/c1-21-31-28-11-7-8-12-29(28)35(21)26-19-24-13-14-25(20-26)34(24)18-15-27(23-9-5-4-6-10-23)32-30(37)16-17-33(3)22(2)36/h4-12,24-27H,13-20H2,1-3H3,(H,32,37)/t24-,25?,26?,27?/m0/s1. The van der Waals surface area contributed by atoms with Crippen LogP contribution in [-0.2, 0) is 9.59 Å². The molecule has 3 unspecified atom stereocenters. The minimum atomic E-state index is -0.0340. The molecule has 2 aliphatic rings. The number of piperidine rings is 1. The third-order valence-electron chi connectivity index (χ3n) is 8.42. The summed E-state index contributed by atoms with van der Waals surface area (Å²) in [6.07, 6.45) is 5.98. The zero-order chi connectivity index (χ0) is 25.9. The highest BCUT2D eigenvalue weighted by atomic mass is 16.2.